The molecule has 2 amide bonds. The van der Waals surface area contributed by atoms with E-state index in [1.807, 2.05) is 20.8 Å². The van der Waals surface area contributed by atoms with Crippen LogP contribution in [0.25, 0.3) is 0 Å². The normalized spacial score (nSPS) is 11.5. The van der Waals surface area contributed by atoms with Gasteiger partial charge in [-0.2, -0.15) is 0 Å². The van der Waals surface area contributed by atoms with Crippen molar-refractivity contribution in [1.82, 2.24) is 5.32 Å². The Morgan fingerprint density at radius 2 is 1.86 bits per heavy atom. The van der Waals surface area contributed by atoms with Crippen LogP contribution in [0.15, 0.2) is 24.3 Å². The molecular weight excluding hydrogens is 290 g/mol. The Balaban J connectivity index is 0.00000400. The molecule has 0 saturated carbocycles. The van der Waals surface area contributed by atoms with Crippen LogP contribution in [0.4, 0.5) is 5.69 Å². The average molecular weight is 314 g/mol. The number of anilines is 1. The third kappa shape index (κ3) is 6.14. The van der Waals surface area contributed by atoms with Gasteiger partial charge in [0, 0.05) is 6.54 Å². The maximum Gasteiger partial charge on any atom is 0.253 e. The van der Waals surface area contributed by atoms with Crippen molar-refractivity contribution in [3.63, 3.8) is 0 Å². The number of rotatable bonds is 6. The molecule has 0 spiro atoms. The number of halogens is 1. The molecule has 0 bridgehead atoms. The van der Waals surface area contributed by atoms with Gasteiger partial charge in [-0.3, -0.25) is 9.59 Å². The molecule has 0 aliphatic heterocycles. The van der Waals surface area contributed by atoms with Crippen LogP contribution in [0.3, 0.4) is 0 Å². The first-order valence-electron chi connectivity index (χ1n) is 6.89. The fourth-order valence-electron chi connectivity index (χ4n) is 1.59. The quantitative estimate of drug-likeness (QED) is 0.752. The van der Waals surface area contributed by atoms with Gasteiger partial charge in [-0.1, -0.05) is 32.9 Å². The number of hydrogen-bond donors (Lipinski definition) is 3. The van der Waals surface area contributed by atoms with Gasteiger partial charge in [-0.15, -0.1) is 12.4 Å². The first-order valence-corrected chi connectivity index (χ1v) is 6.89. The van der Waals surface area contributed by atoms with Crippen molar-refractivity contribution in [3.05, 3.63) is 29.8 Å². The van der Waals surface area contributed by atoms with E-state index in [0.717, 1.165) is 0 Å². The molecule has 4 N–H and O–H groups in total. The van der Waals surface area contributed by atoms with E-state index < -0.39 is 6.04 Å². The van der Waals surface area contributed by atoms with Crippen molar-refractivity contribution in [2.45, 2.75) is 33.2 Å². The maximum atomic E-state index is 12.1. The zero-order valence-electron chi connectivity index (χ0n) is 12.7. The Kier molecular flexibility index (Phi) is 8.66. The molecule has 1 rings (SSSR count). The molecule has 0 fully saturated rings. The van der Waals surface area contributed by atoms with Crippen molar-refractivity contribution in [2.75, 3.05) is 11.9 Å². The molecule has 0 aliphatic rings. The SMILES string of the molecule is CC[C@H](N)C(=O)Nc1ccccc1C(=O)NCC(C)C.Cl. The van der Waals surface area contributed by atoms with Crippen LogP contribution < -0.4 is 16.4 Å². The van der Waals surface area contributed by atoms with Gasteiger partial charge in [0.25, 0.3) is 5.91 Å². The lowest BCUT2D eigenvalue weighted by Gasteiger charge is -2.14. The molecular formula is C15H24ClN3O2. The first kappa shape index (κ1) is 19.4. The monoisotopic (exact) mass is 313 g/mol. The van der Waals surface area contributed by atoms with Crippen molar-refractivity contribution < 1.29 is 9.59 Å². The fourth-order valence-corrected chi connectivity index (χ4v) is 1.59. The smallest absolute Gasteiger partial charge is 0.253 e. The fraction of sp³-hybridized carbons (Fsp3) is 0.467. The minimum Gasteiger partial charge on any atom is -0.352 e. The van der Waals surface area contributed by atoms with Crippen LogP contribution in [-0.4, -0.2) is 24.4 Å². The van der Waals surface area contributed by atoms with E-state index >= 15 is 0 Å². The summed E-state index contributed by atoms with van der Waals surface area (Å²) in [6.07, 6.45) is 0.549. The summed E-state index contributed by atoms with van der Waals surface area (Å²) in [6.45, 7) is 6.48. The lowest BCUT2D eigenvalue weighted by Crippen LogP contribution is -2.35. The molecule has 0 unspecified atom stereocenters. The summed E-state index contributed by atoms with van der Waals surface area (Å²) < 4.78 is 0. The van der Waals surface area contributed by atoms with E-state index in [1.54, 1.807) is 24.3 Å². The number of amides is 2. The largest absolute Gasteiger partial charge is 0.352 e. The number of nitrogens with two attached hydrogens (primary N) is 1. The minimum absolute atomic E-state index is 0. The van der Waals surface area contributed by atoms with Gasteiger partial charge in [0.1, 0.15) is 0 Å². The van der Waals surface area contributed by atoms with Gasteiger partial charge >= 0.3 is 0 Å². The van der Waals surface area contributed by atoms with E-state index in [0.29, 0.717) is 30.1 Å². The second-order valence-electron chi connectivity index (χ2n) is 5.15. The highest BCUT2D eigenvalue weighted by Crippen LogP contribution is 2.15. The van der Waals surface area contributed by atoms with E-state index in [-0.39, 0.29) is 24.2 Å². The Bertz CT molecular complexity index is 478. The second kappa shape index (κ2) is 9.37. The Morgan fingerprint density at radius 3 is 2.43 bits per heavy atom. The van der Waals surface area contributed by atoms with Crippen LogP contribution >= 0.6 is 12.4 Å². The molecule has 0 saturated heterocycles. The van der Waals surface area contributed by atoms with Crippen LogP contribution in [0.5, 0.6) is 0 Å². The summed E-state index contributed by atoms with van der Waals surface area (Å²) in [7, 11) is 0. The predicted octanol–water partition coefficient (Wildman–Crippen LogP) is 2.17. The Morgan fingerprint density at radius 1 is 1.24 bits per heavy atom. The van der Waals surface area contributed by atoms with E-state index in [9.17, 15) is 9.59 Å². The molecule has 0 aromatic heterocycles. The minimum atomic E-state index is -0.568. The molecule has 0 heterocycles. The lowest BCUT2D eigenvalue weighted by atomic mass is 10.1. The summed E-state index contributed by atoms with van der Waals surface area (Å²) in [6, 6.07) is 6.35. The molecule has 0 aliphatic carbocycles. The zero-order valence-corrected chi connectivity index (χ0v) is 13.5. The standard InChI is InChI=1S/C15H23N3O2.ClH/c1-4-12(16)15(20)18-13-8-6-5-7-11(13)14(19)17-9-10(2)3;/h5-8,10,12H,4,9,16H2,1-3H3,(H,17,19)(H,18,20);1H/t12-;/m0./s1. The van der Waals surface area contributed by atoms with Gasteiger partial charge in [0.05, 0.1) is 17.3 Å². The van der Waals surface area contributed by atoms with Crippen molar-refractivity contribution in [2.24, 2.45) is 11.7 Å². The number of nitrogens with one attached hydrogen (secondary N) is 2. The van der Waals surface area contributed by atoms with Gasteiger partial charge in [0.15, 0.2) is 0 Å². The summed E-state index contributed by atoms with van der Waals surface area (Å²) in [5.74, 6) is -0.106. The van der Waals surface area contributed by atoms with Gasteiger partial charge in [-0.05, 0) is 24.5 Å². The number of carbonyl (C=O) groups is 2. The lowest BCUT2D eigenvalue weighted by molar-refractivity contribution is -0.117. The number of benzene rings is 1. The third-order valence-corrected chi connectivity index (χ3v) is 2.88. The number of para-hydroxylation sites is 1. The molecule has 1 aromatic carbocycles. The van der Waals surface area contributed by atoms with Crippen molar-refractivity contribution in [1.29, 1.82) is 0 Å². The maximum absolute atomic E-state index is 12.1. The van der Waals surface area contributed by atoms with Crippen LogP contribution in [-0.2, 0) is 4.79 Å². The highest BCUT2D eigenvalue weighted by Gasteiger charge is 2.16. The molecule has 1 aromatic rings. The average Bonchev–Trinajstić information content (AvgIpc) is 2.44. The predicted molar refractivity (Wildman–Crippen MR) is 87.8 cm³/mol. The molecule has 5 nitrogen and oxygen atoms in total. The Hall–Kier alpha value is -1.59. The van der Waals surface area contributed by atoms with Gasteiger partial charge in [-0.25, -0.2) is 0 Å². The zero-order chi connectivity index (χ0) is 15.1. The summed E-state index contributed by atoms with van der Waals surface area (Å²) in [5.41, 5.74) is 6.61. The first-order chi connectivity index (χ1) is 9.45. The van der Waals surface area contributed by atoms with Crippen LogP contribution in [0, 0.1) is 5.92 Å². The molecule has 6 heteroatoms. The van der Waals surface area contributed by atoms with E-state index in [1.165, 1.54) is 0 Å². The molecule has 0 radical (unpaired) electrons. The molecule has 21 heavy (non-hydrogen) atoms. The molecule has 1 atom stereocenters. The van der Waals surface area contributed by atoms with Gasteiger partial charge < -0.3 is 16.4 Å². The third-order valence-electron chi connectivity index (χ3n) is 2.88. The van der Waals surface area contributed by atoms with Crippen LogP contribution in [0.1, 0.15) is 37.6 Å². The summed E-state index contributed by atoms with van der Waals surface area (Å²) in [4.78, 5) is 23.9. The summed E-state index contributed by atoms with van der Waals surface area (Å²) in [5, 5.41) is 5.54. The van der Waals surface area contributed by atoms with Crippen LogP contribution in [0.2, 0.25) is 0 Å². The highest BCUT2D eigenvalue weighted by molar-refractivity contribution is 6.04. The number of hydrogen-bond acceptors (Lipinski definition) is 3. The van der Waals surface area contributed by atoms with Gasteiger partial charge in [0.2, 0.25) is 5.91 Å². The van der Waals surface area contributed by atoms with E-state index in [4.69, 9.17) is 5.73 Å². The topological polar surface area (TPSA) is 84.2 Å². The number of carbonyl (C=O) groups excluding carboxylic acids is 2. The van der Waals surface area contributed by atoms with Crippen molar-refractivity contribution >= 4 is 29.9 Å². The summed E-state index contributed by atoms with van der Waals surface area (Å²) >= 11 is 0. The second-order valence-corrected chi connectivity index (χ2v) is 5.15. The van der Waals surface area contributed by atoms with E-state index in [2.05, 4.69) is 10.6 Å². The highest BCUT2D eigenvalue weighted by atomic mass is 35.5. The Labute approximate surface area is 132 Å². The molecule has 118 valence electrons. The van der Waals surface area contributed by atoms with Crippen molar-refractivity contribution in [3.8, 4) is 0 Å².